The summed E-state index contributed by atoms with van der Waals surface area (Å²) in [5.74, 6) is 0. The zero-order valence-corrected chi connectivity index (χ0v) is 7.81. The minimum atomic E-state index is 0.309. The van der Waals surface area contributed by atoms with Crippen LogP contribution in [0.5, 0.6) is 0 Å². The fraction of sp³-hybridized carbons (Fsp3) is 1.00. The lowest BCUT2D eigenvalue weighted by Crippen LogP contribution is -2.46. The van der Waals surface area contributed by atoms with Crippen molar-refractivity contribution < 1.29 is 4.74 Å². The summed E-state index contributed by atoms with van der Waals surface area (Å²) in [5.41, 5.74) is 0.309. The Balaban J connectivity index is 1.95. The molecule has 2 nitrogen and oxygen atoms in total. The van der Waals surface area contributed by atoms with Crippen LogP contribution in [0.4, 0.5) is 0 Å². The van der Waals surface area contributed by atoms with Crippen LogP contribution in [0.1, 0.15) is 27.2 Å². The van der Waals surface area contributed by atoms with Gasteiger partial charge in [0.1, 0.15) is 0 Å². The van der Waals surface area contributed by atoms with Gasteiger partial charge in [-0.15, -0.1) is 0 Å². The maximum Gasteiger partial charge on any atom is 0.0620 e. The Hall–Kier alpha value is -0.0800. The second-order valence-corrected chi connectivity index (χ2v) is 4.52. The lowest BCUT2D eigenvalue weighted by atomic mass is 9.98. The Morgan fingerprint density at radius 2 is 2.09 bits per heavy atom. The molecule has 1 heterocycles. The average Bonchev–Trinajstić information content (AvgIpc) is 1.73. The first kappa shape index (κ1) is 9.01. The van der Waals surface area contributed by atoms with Crippen LogP contribution in [0.3, 0.4) is 0 Å². The third kappa shape index (κ3) is 3.73. The van der Waals surface area contributed by atoms with Crippen molar-refractivity contribution in [3.8, 4) is 0 Å². The predicted octanol–water partition coefficient (Wildman–Crippen LogP) is 1.41. The van der Waals surface area contributed by atoms with Gasteiger partial charge >= 0.3 is 0 Å². The summed E-state index contributed by atoms with van der Waals surface area (Å²) in [6.07, 6.45) is 1.28. The van der Waals surface area contributed by atoms with Crippen molar-refractivity contribution >= 4 is 0 Å². The summed E-state index contributed by atoms with van der Waals surface area (Å²) in [4.78, 5) is 0. The first-order valence-corrected chi connectivity index (χ1v) is 4.39. The number of nitrogens with one attached hydrogen (secondary N) is 1. The summed E-state index contributed by atoms with van der Waals surface area (Å²) in [7, 11) is 0. The van der Waals surface area contributed by atoms with E-state index in [-0.39, 0.29) is 0 Å². The van der Waals surface area contributed by atoms with Crippen LogP contribution in [0.15, 0.2) is 0 Å². The number of hydrogen-bond acceptors (Lipinski definition) is 2. The standard InChI is InChI=1S/C9H19NO/c1-9(2,3)7-11-6-8-4-5-10-8/h8,10H,4-7H2,1-3H3. The fourth-order valence-corrected chi connectivity index (χ4v) is 0.998. The topological polar surface area (TPSA) is 21.3 Å². The summed E-state index contributed by atoms with van der Waals surface area (Å²) in [6.45, 7) is 9.51. The second kappa shape index (κ2) is 3.55. The molecule has 0 radical (unpaired) electrons. The Labute approximate surface area is 69.3 Å². The van der Waals surface area contributed by atoms with Gasteiger partial charge < -0.3 is 10.1 Å². The van der Waals surface area contributed by atoms with Gasteiger partial charge in [-0.05, 0) is 18.4 Å². The van der Waals surface area contributed by atoms with Crippen LogP contribution in [-0.2, 0) is 4.74 Å². The van der Waals surface area contributed by atoms with E-state index >= 15 is 0 Å². The average molecular weight is 157 g/mol. The van der Waals surface area contributed by atoms with Crippen molar-refractivity contribution in [1.29, 1.82) is 0 Å². The summed E-state index contributed by atoms with van der Waals surface area (Å²) in [6, 6.07) is 0.636. The van der Waals surface area contributed by atoms with Gasteiger partial charge in [-0.1, -0.05) is 20.8 Å². The van der Waals surface area contributed by atoms with Gasteiger partial charge in [0, 0.05) is 6.04 Å². The van der Waals surface area contributed by atoms with Crippen molar-refractivity contribution in [2.45, 2.75) is 33.2 Å². The molecule has 1 rings (SSSR count). The van der Waals surface area contributed by atoms with Crippen LogP contribution in [-0.4, -0.2) is 25.8 Å². The molecule has 0 bridgehead atoms. The molecule has 1 N–H and O–H groups in total. The van der Waals surface area contributed by atoms with E-state index in [1.165, 1.54) is 13.0 Å². The fourth-order valence-electron chi connectivity index (χ4n) is 0.998. The van der Waals surface area contributed by atoms with Gasteiger partial charge in [0.2, 0.25) is 0 Å². The van der Waals surface area contributed by atoms with Gasteiger partial charge in [-0.25, -0.2) is 0 Å². The van der Waals surface area contributed by atoms with Crippen molar-refractivity contribution in [1.82, 2.24) is 5.32 Å². The van der Waals surface area contributed by atoms with E-state index in [2.05, 4.69) is 26.1 Å². The van der Waals surface area contributed by atoms with Crippen LogP contribution < -0.4 is 5.32 Å². The van der Waals surface area contributed by atoms with Gasteiger partial charge in [-0.2, -0.15) is 0 Å². The van der Waals surface area contributed by atoms with E-state index < -0.39 is 0 Å². The SMILES string of the molecule is CC(C)(C)COCC1CCN1. The smallest absolute Gasteiger partial charge is 0.0620 e. The minimum Gasteiger partial charge on any atom is -0.379 e. The van der Waals surface area contributed by atoms with Gasteiger partial charge in [0.15, 0.2) is 0 Å². The number of hydrogen-bond donors (Lipinski definition) is 1. The van der Waals surface area contributed by atoms with E-state index in [1.807, 2.05) is 0 Å². The van der Waals surface area contributed by atoms with E-state index in [0.29, 0.717) is 11.5 Å². The zero-order valence-electron chi connectivity index (χ0n) is 7.81. The van der Waals surface area contributed by atoms with E-state index in [4.69, 9.17) is 4.74 Å². The molecule has 2 heteroatoms. The third-order valence-electron chi connectivity index (χ3n) is 1.78. The normalized spacial score (nSPS) is 24.8. The maximum absolute atomic E-state index is 5.54. The third-order valence-corrected chi connectivity index (χ3v) is 1.78. The predicted molar refractivity (Wildman–Crippen MR) is 46.7 cm³/mol. The van der Waals surface area contributed by atoms with Crippen LogP contribution in [0.25, 0.3) is 0 Å². The quantitative estimate of drug-likeness (QED) is 0.669. The molecule has 1 fully saturated rings. The zero-order chi connectivity index (χ0) is 8.32. The lowest BCUT2D eigenvalue weighted by Gasteiger charge is -2.28. The molecule has 1 aliphatic rings. The van der Waals surface area contributed by atoms with Gasteiger partial charge in [0.05, 0.1) is 13.2 Å². The maximum atomic E-state index is 5.54. The summed E-state index contributed by atoms with van der Waals surface area (Å²) >= 11 is 0. The highest BCUT2D eigenvalue weighted by Crippen LogP contribution is 2.13. The molecule has 0 saturated carbocycles. The lowest BCUT2D eigenvalue weighted by molar-refractivity contribution is 0.0444. The van der Waals surface area contributed by atoms with Crippen LogP contribution in [0.2, 0.25) is 0 Å². The number of rotatable bonds is 3. The minimum absolute atomic E-state index is 0.309. The van der Waals surface area contributed by atoms with Crippen molar-refractivity contribution in [2.75, 3.05) is 19.8 Å². The molecule has 0 aromatic carbocycles. The summed E-state index contributed by atoms with van der Waals surface area (Å²) in [5, 5.41) is 3.31. The monoisotopic (exact) mass is 157 g/mol. The molecule has 0 aromatic rings. The highest BCUT2D eigenvalue weighted by molar-refractivity contribution is 4.76. The van der Waals surface area contributed by atoms with E-state index in [1.54, 1.807) is 0 Å². The Bertz CT molecular complexity index is 113. The van der Waals surface area contributed by atoms with E-state index in [9.17, 15) is 0 Å². The molecular formula is C9H19NO. The Kier molecular flexibility index (Phi) is 2.90. The van der Waals surface area contributed by atoms with Crippen molar-refractivity contribution in [2.24, 2.45) is 5.41 Å². The first-order chi connectivity index (χ1) is 5.08. The molecule has 66 valence electrons. The molecular weight excluding hydrogens is 138 g/mol. The van der Waals surface area contributed by atoms with Gasteiger partial charge in [0.25, 0.3) is 0 Å². The molecule has 0 amide bonds. The molecule has 0 aromatic heterocycles. The molecule has 0 spiro atoms. The second-order valence-electron chi connectivity index (χ2n) is 4.52. The van der Waals surface area contributed by atoms with Gasteiger partial charge in [-0.3, -0.25) is 0 Å². The van der Waals surface area contributed by atoms with E-state index in [0.717, 1.165) is 13.2 Å². The van der Waals surface area contributed by atoms with Crippen molar-refractivity contribution in [3.63, 3.8) is 0 Å². The summed E-state index contributed by atoms with van der Waals surface area (Å²) < 4.78 is 5.54. The Morgan fingerprint density at radius 3 is 2.45 bits per heavy atom. The molecule has 1 aliphatic heterocycles. The highest BCUT2D eigenvalue weighted by atomic mass is 16.5. The van der Waals surface area contributed by atoms with Crippen LogP contribution >= 0.6 is 0 Å². The number of ether oxygens (including phenoxy) is 1. The Morgan fingerprint density at radius 1 is 1.45 bits per heavy atom. The molecule has 1 unspecified atom stereocenters. The van der Waals surface area contributed by atoms with Crippen LogP contribution in [0, 0.1) is 5.41 Å². The first-order valence-electron chi connectivity index (χ1n) is 4.39. The highest BCUT2D eigenvalue weighted by Gasteiger charge is 2.17. The largest absolute Gasteiger partial charge is 0.379 e. The molecule has 1 saturated heterocycles. The molecule has 1 atom stereocenters. The molecule has 0 aliphatic carbocycles. The molecule has 11 heavy (non-hydrogen) atoms. The van der Waals surface area contributed by atoms with Crippen molar-refractivity contribution in [3.05, 3.63) is 0 Å².